The fourth-order valence-electron chi connectivity index (χ4n) is 2.70. The van der Waals surface area contributed by atoms with Crippen LogP contribution in [0, 0.1) is 13.8 Å². The molecule has 7 heteroatoms. The van der Waals surface area contributed by atoms with E-state index in [1.54, 1.807) is 0 Å². The van der Waals surface area contributed by atoms with E-state index in [-0.39, 0.29) is 5.69 Å². The molecule has 2 heterocycles. The Labute approximate surface area is 139 Å². The van der Waals surface area contributed by atoms with Crippen molar-refractivity contribution in [3.8, 4) is 11.5 Å². The third-order valence-corrected chi connectivity index (χ3v) is 4.35. The first kappa shape index (κ1) is 16.3. The Kier molecular flexibility index (Phi) is 3.96. The van der Waals surface area contributed by atoms with Gasteiger partial charge in [0.05, 0.1) is 11.0 Å². The molecular formula is C17H21N5O2. The molecular weight excluding hydrogens is 306 g/mol. The predicted molar refractivity (Wildman–Crippen MR) is 93.7 cm³/mol. The van der Waals surface area contributed by atoms with Crippen LogP contribution in [0.5, 0.6) is 0 Å². The van der Waals surface area contributed by atoms with Crippen LogP contribution in [0.2, 0.25) is 0 Å². The summed E-state index contributed by atoms with van der Waals surface area (Å²) in [7, 11) is 5.38. The van der Waals surface area contributed by atoms with Gasteiger partial charge in [-0.15, -0.1) is 0 Å². The van der Waals surface area contributed by atoms with Gasteiger partial charge >= 0.3 is 5.69 Å². The van der Waals surface area contributed by atoms with Crippen LogP contribution in [-0.4, -0.2) is 44.6 Å². The van der Waals surface area contributed by atoms with Crippen LogP contribution in [0.4, 0.5) is 0 Å². The summed E-state index contributed by atoms with van der Waals surface area (Å²) in [5, 5.41) is 0. The molecule has 24 heavy (non-hydrogen) atoms. The molecule has 2 aliphatic rings. The number of rotatable bonds is 3. The molecule has 2 aliphatic heterocycles. The zero-order chi connectivity index (χ0) is 17.6. The minimum absolute atomic E-state index is 0.228. The summed E-state index contributed by atoms with van der Waals surface area (Å²) in [4.78, 5) is 35.1. The van der Waals surface area contributed by atoms with E-state index in [2.05, 4.69) is 9.97 Å². The number of benzene rings is 1. The molecule has 0 saturated carbocycles. The Balaban J connectivity index is 2.45. The molecule has 0 atom stereocenters. The summed E-state index contributed by atoms with van der Waals surface area (Å²) < 4.78 is 2.92. The van der Waals surface area contributed by atoms with E-state index in [9.17, 15) is 9.59 Å². The molecule has 0 fully saturated rings. The average molecular weight is 327 g/mol. The lowest BCUT2D eigenvalue weighted by Gasteiger charge is -2.20. The second-order valence-corrected chi connectivity index (χ2v) is 6.42. The van der Waals surface area contributed by atoms with Crippen molar-refractivity contribution < 1.29 is 0 Å². The molecule has 0 bridgehead atoms. The molecule has 1 aromatic carbocycles. The summed E-state index contributed by atoms with van der Waals surface area (Å²) in [6, 6.07) is 4.01. The van der Waals surface area contributed by atoms with E-state index >= 15 is 0 Å². The second kappa shape index (κ2) is 5.83. The highest BCUT2D eigenvalue weighted by Gasteiger charge is 2.20. The van der Waals surface area contributed by atoms with E-state index in [1.807, 2.05) is 49.5 Å². The highest BCUT2D eigenvalue weighted by Crippen LogP contribution is 2.23. The zero-order valence-corrected chi connectivity index (χ0v) is 14.6. The summed E-state index contributed by atoms with van der Waals surface area (Å²) >= 11 is 0. The Bertz CT molecular complexity index is 1020. The summed E-state index contributed by atoms with van der Waals surface area (Å²) in [6.07, 6.45) is 0. The van der Waals surface area contributed by atoms with Crippen LogP contribution < -0.4 is 11.2 Å². The van der Waals surface area contributed by atoms with Crippen molar-refractivity contribution in [1.82, 2.24) is 24.0 Å². The Morgan fingerprint density at radius 2 is 1.75 bits per heavy atom. The van der Waals surface area contributed by atoms with Gasteiger partial charge < -0.3 is 9.47 Å². The van der Waals surface area contributed by atoms with Crippen LogP contribution >= 0.6 is 0 Å². The van der Waals surface area contributed by atoms with Gasteiger partial charge in [-0.25, -0.2) is 9.78 Å². The molecule has 0 radical (unpaired) electrons. The Morgan fingerprint density at radius 3 is 2.42 bits per heavy atom. The lowest BCUT2D eigenvalue weighted by Crippen LogP contribution is -2.37. The summed E-state index contributed by atoms with van der Waals surface area (Å²) in [6.45, 7) is 5.43. The van der Waals surface area contributed by atoms with E-state index in [1.165, 1.54) is 7.05 Å². The predicted octanol–water partition coefficient (Wildman–Crippen LogP) is 0.773. The molecule has 0 N–H and O–H groups in total. The fourth-order valence-corrected chi connectivity index (χ4v) is 2.70. The standard InChI is InChI=1S/C17H21N5O2/c1-10-8-12-13(9-11(10)2)22(7-6-20(3)4)15-14(18-12)16(23)21(5)17(24)19-15/h8-9H,6-7H2,1-5H3. The van der Waals surface area contributed by atoms with Crippen molar-refractivity contribution in [2.24, 2.45) is 7.05 Å². The Hall–Kier alpha value is -2.54. The van der Waals surface area contributed by atoms with E-state index in [0.717, 1.165) is 33.3 Å². The van der Waals surface area contributed by atoms with Crippen LogP contribution in [0.3, 0.4) is 0 Å². The maximum Gasteiger partial charge on any atom is 0.352 e. The molecule has 0 spiro atoms. The number of hydrogen-bond donors (Lipinski definition) is 0. The maximum absolute atomic E-state index is 12.5. The third-order valence-electron chi connectivity index (χ3n) is 4.35. The van der Waals surface area contributed by atoms with Gasteiger partial charge in [0.2, 0.25) is 0 Å². The minimum atomic E-state index is -0.559. The molecule has 126 valence electrons. The number of fused-ring (bicyclic) bond motifs is 2. The monoisotopic (exact) mass is 327 g/mol. The average Bonchev–Trinajstić information content (AvgIpc) is 2.52. The first-order valence-corrected chi connectivity index (χ1v) is 7.83. The van der Waals surface area contributed by atoms with Gasteiger partial charge in [0.1, 0.15) is 0 Å². The Morgan fingerprint density at radius 1 is 1.08 bits per heavy atom. The van der Waals surface area contributed by atoms with Crippen molar-refractivity contribution in [3.05, 3.63) is 44.1 Å². The first-order valence-electron chi connectivity index (χ1n) is 7.83. The molecule has 3 rings (SSSR count). The van der Waals surface area contributed by atoms with Crippen molar-refractivity contribution in [2.45, 2.75) is 20.4 Å². The van der Waals surface area contributed by atoms with Gasteiger partial charge in [-0.05, 0) is 51.2 Å². The lowest BCUT2D eigenvalue weighted by atomic mass is 10.1. The van der Waals surface area contributed by atoms with Crippen molar-refractivity contribution >= 4 is 11.0 Å². The number of aryl methyl sites for hydroxylation is 2. The van der Waals surface area contributed by atoms with Crippen molar-refractivity contribution in [3.63, 3.8) is 0 Å². The smallest absolute Gasteiger partial charge is 0.321 e. The topological polar surface area (TPSA) is 73.0 Å². The molecule has 7 nitrogen and oxygen atoms in total. The van der Waals surface area contributed by atoms with Crippen molar-refractivity contribution in [2.75, 3.05) is 20.6 Å². The van der Waals surface area contributed by atoms with Gasteiger partial charge in [-0.3, -0.25) is 9.36 Å². The zero-order valence-electron chi connectivity index (χ0n) is 14.6. The summed E-state index contributed by atoms with van der Waals surface area (Å²) in [5.74, 6) is 0.348. The van der Waals surface area contributed by atoms with Gasteiger partial charge in [-0.2, -0.15) is 4.98 Å². The summed E-state index contributed by atoms with van der Waals surface area (Å²) in [5.41, 5.74) is 3.12. The minimum Gasteiger partial charge on any atom is -0.321 e. The molecule has 0 unspecified atom stereocenters. The quantitative estimate of drug-likeness (QED) is 0.665. The van der Waals surface area contributed by atoms with Gasteiger partial charge in [-0.1, -0.05) is 0 Å². The highest BCUT2D eigenvalue weighted by atomic mass is 16.2. The van der Waals surface area contributed by atoms with E-state index < -0.39 is 11.2 Å². The van der Waals surface area contributed by atoms with Crippen LogP contribution in [0.15, 0.2) is 21.7 Å². The molecule has 0 aromatic heterocycles. The van der Waals surface area contributed by atoms with Crippen molar-refractivity contribution in [1.29, 1.82) is 0 Å². The van der Waals surface area contributed by atoms with Gasteiger partial charge in [0, 0.05) is 20.1 Å². The number of aromatic nitrogens is 4. The number of likely N-dealkylation sites (N-methyl/N-ethyl adjacent to an activating group) is 1. The molecule has 0 amide bonds. The molecule has 0 saturated heterocycles. The molecule has 0 aliphatic carbocycles. The maximum atomic E-state index is 12.5. The largest absolute Gasteiger partial charge is 0.352 e. The first-order chi connectivity index (χ1) is 11.3. The highest BCUT2D eigenvalue weighted by molar-refractivity contribution is 5.81. The van der Waals surface area contributed by atoms with Crippen LogP contribution in [0.1, 0.15) is 11.1 Å². The van der Waals surface area contributed by atoms with E-state index in [4.69, 9.17) is 0 Å². The second-order valence-electron chi connectivity index (χ2n) is 6.42. The molecule has 1 aromatic rings. The normalized spacial score (nSPS) is 11.8. The van der Waals surface area contributed by atoms with Gasteiger partial charge in [0.25, 0.3) is 5.56 Å². The number of hydrogen-bond acceptors (Lipinski definition) is 5. The third kappa shape index (κ3) is 2.60. The SMILES string of the molecule is Cc1cc2nc3c(=O)n(C)c(=O)nc-3n(CCN(C)C)c2cc1C. The van der Waals surface area contributed by atoms with Crippen LogP contribution in [-0.2, 0) is 13.6 Å². The van der Waals surface area contributed by atoms with E-state index in [0.29, 0.717) is 12.4 Å². The number of nitrogens with zero attached hydrogens (tertiary/aromatic N) is 5. The van der Waals surface area contributed by atoms with Gasteiger partial charge in [0.15, 0.2) is 11.5 Å². The van der Waals surface area contributed by atoms with Crippen LogP contribution in [0.25, 0.3) is 22.6 Å². The fraction of sp³-hybridized carbons (Fsp3) is 0.412. The lowest BCUT2D eigenvalue weighted by molar-refractivity contribution is 0.386.